The van der Waals surface area contributed by atoms with Crippen LogP contribution in [0.4, 0.5) is 11.4 Å². The summed E-state index contributed by atoms with van der Waals surface area (Å²) in [6.45, 7) is 7.97. The molecular weight excluding hydrogens is 228 g/mol. The average molecular weight is 248 g/mol. The molecule has 98 valence electrons. The van der Waals surface area contributed by atoms with Crippen molar-refractivity contribution in [1.29, 1.82) is 0 Å². The highest BCUT2D eigenvalue weighted by Gasteiger charge is 2.37. The zero-order valence-corrected chi connectivity index (χ0v) is 11.3. The van der Waals surface area contributed by atoms with Gasteiger partial charge in [-0.3, -0.25) is 4.79 Å². The fourth-order valence-electron chi connectivity index (χ4n) is 2.22. The van der Waals surface area contributed by atoms with Gasteiger partial charge >= 0.3 is 0 Å². The SMILES string of the molecule is CC(C)C1Oc2ccc(N)cc2N(C(C)C)C1=O. The maximum Gasteiger partial charge on any atom is 0.268 e. The van der Waals surface area contributed by atoms with Crippen LogP contribution in [-0.2, 0) is 4.79 Å². The van der Waals surface area contributed by atoms with Crippen LogP contribution in [0.25, 0.3) is 0 Å². The van der Waals surface area contributed by atoms with Crippen LogP contribution in [0.5, 0.6) is 5.75 Å². The minimum atomic E-state index is -0.413. The number of fused-ring (bicyclic) bond motifs is 1. The Kier molecular flexibility index (Phi) is 3.20. The third-order valence-electron chi connectivity index (χ3n) is 3.10. The molecule has 1 unspecified atom stereocenters. The maximum atomic E-state index is 12.4. The molecule has 18 heavy (non-hydrogen) atoms. The van der Waals surface area contributed by atoms with Crippen molar-refractivity contribution in [2.45, 2.75) is 39.8 Å². The summed E-state index contributed by atoms with van der Waals surface area (Å²) in [5, 5.41) is 0. The number of benzene rings is 1. The Hall–Kier alpha value is -1.71. The van der Waals surface area contributed by atoms with Crippen molar-refractivity contribution in [3.8, 4) is 5.75 Å². The predicted octanol–water partition coefficient (Wildman–Crippen LogP) is 2.43. The highest BCUT2D eigenvalue weighted by atomic mass is 16.5. The Balaban J connectivity index is 2.51. The summed E-state index contributed by atoms with van der Waals surface area (Å²) in [6, 6.07) is 5.51. The third kappa shape index (κ3) is 2.03. The van der Waals surface area contributed by atoms with E-state index in [1.807, 2.05) is 33.8 Å². The molecule has 0 aromatic heterocycles. The molecule has 1 atom stereocenters. The van der Waals surface area contributed by atoms with Gasteiger partial charge in [-0.25, -0.2) is 0 Å². The second kappa shape index (κ2) is 4.52. The normalized spacial score (nSPS) is 19.1. The molecule has 1 heterocycles. The third-order valence-corrected chi connectivity index (χ3v) is 3.10. The number of hydrogen-bond donors (Lipinski definition) is 1. The lowest BCUT2D eigenvalue weighted by atomic mass is 10.0. The molecule has 1 aromatic carbocycles. The first kappa shape index (κ1) is 12.7. The molecule has 0 saturated carbocycles. The molecule has 0 saturated heterocycles. The summed E-state index contributed by atoms with van der Waals surface area (Å²) in [5.74, 6) is 0.888. The molecule has 0 aliphatic carbocycles. The number of nitrogens with zero attached hydrogens (tertiary/aromatic N) is 1. The molecule has 0 radical (unpaired) electrons. The molecule has 4 heteroatoms. The molecule has 0 fully saturated rings. The van der Waals surface area contributed by atoms with Crippen molar-refractivity contribution in [1.82, 2.24) is 0 Å². The van der Waals surface area contributed by atoms with E-state index in [4.69, 9.17) is 10.5 Å². The van der Waals surface area contributed by atoms with Crippen LogP contribution >= 0.6 is 0 Å². The van der Waals surface area contributed by atoms with Crippen molar-refractivity contribution in [2.24, 2.45) is 5.92 Å². The zero-order chi connectivity index (χ0) is 13.4. The minimum absolute atomic E-state index is 0.0121. The second-order valence-electron chi connectivity index (χ2n) is 5.31. The van der Waals surface area contributed by atoms with Crippen molar-refractivity contribution in [3.05, 3.63) is 18.2 Å². The largest absolute Gasteiger partial charge is 0.478 e. The van der Waals surface area contributed by atoms with Gasteiger partial charge in [-0.15, -0.1) is 0 Å². The van der Waals surface area contributed by atoms with E-state index in [9.17, 15) is 4.79 Å². The van der Waals surface area contributed by atoms with Gasteiger partial charge in [-0.05, 0) is 38.0 Å². The minimum Gasteiger partial charge on any atom is -0.478 e. The number of rotatable bonds is 2. The van der Waals surface area contributed by atoms with Crippen LogP contribution in [-0.4, -0.2) is 18.1 Å². The van der Waals surface area contributed by atoms with Gasteiger partial charge in [0, 0.05) is 11.7 Å². The molecule has 1 aromatic rings. The molecule has 1 aliphatic heterocycles. The van der Waals surface area contributed by atoms with Crippen molar-refractivity contribution < 1.29 is 9.53 Å². The Bertz CT molecular complexity index is 469. The molecule has 0 bridgehead atoms. The van der Waals surface area contributed by atoms with Crippen LogP contribution in [0.1, 0.15) is 27.7 Å². The monoisotopic (exact) mass is 248 g/mol. The molecule has 2 N–H and O–H groups in total. The number of carbonyl (C=O) groups excluding carboxylic acids is 1. The lowest BCUT2D eigenvalue weighted by Gasteiger charge is -2.38. The van der Waals surface area contributed by atoms with Gasteiger partial charge in [0.1, 0.15) is 5.75 Å². The van der Waals surface area contributed by atoms with E-state index in [1.54, 1.807) is 17.0 Å². The quantitative estimate of drug-likeness (QED) is 0.818. The van der Waals surface area contributed by atoms with Crippen molar-refractivity contribution in [3.63, 3.8) is 0 Å². The number of carbonyl (C=O) groups is 1. The topological polar surface area (TPSA) is 55.6 Å². The molecule has 1 aliphatic rings. The maximum absolute atomic E-state index is 12.4. The zero-order valence-electron chi connectivity index (χ0n) is 11.3. The van der Waals surface area contributed by atoms with Crippen LogP contribution in [0.3, 0.4) is 0 Å². The lowest BCUT2D eigenvalue weighted by molar-refractivity contribution is -0.128. The molecule has 1 amide bonds. The number of ether oxygens (including phenoxy) is 1. The lowest BCUT2D eigenvalue weighted by Crippen LogP contribution is -2.51. The van der Waals surface area contributed by atoms with Gasteiger partial charge in [0.2, 0.25) is 0 Å². The average Bonchev–Trinajstić information content (AvgIpc) is 2.26. The summed E-state index contributed by atoms with van der Waals surface area (Å²) < 4.78 is 5.79. The van der Waals surface area contributed by atoms with E-state index in [0.29, 0.717) is 5.69 Å². The summed E-state index contributed by atoms with van der Waals surface area (Å²) in [6.07, 6.45) is -0.413. The van der Waals surface area contributed by atoms with Crippen molar-refractivity contribution in [2.75, 3.05) is 10.6 Å². The Morgan fingerprint density at radius 2 is 1.94 bits per heavy atom. The highest BCUT2D eigenvalue weighted by molar-refractivity contribution is 6.01. The van der Waals surface area contributed by atoms with E-state index in [1.165, 1.54) is 0 Å². The number of nitrogens with two attached hydrogens (primary N) is 1. The first-order valence-electron chi connectivity index (χ1n) is 6.31. The van der Waals surface area contributed by atoms with Gasteiger partial charge in [0.25, 0.3) is 5.91 Å². The number of nitrogen functional groups attached to an aromatic ring is 1. The molecular formula is C14H20N2O2. The van der Waals surface area contributed by atoms with E-state index in [2.05, 4.69) is 0 Å². The van der Waals surface area contributed by atoms with Crippen LogP contribution in [0.2, 0.25) is 0 Å². The van der Waals surface area contributed by atoms with Gasteiger partial charge in [-0.1, -0.05) is 13.8 Å². The van der Waals surface area contributed by atoms with E-state index in [-0.39, 0.29) is 17.9 Å². The van der Waals surface area contributed by atoms with Gasteiger partial charge < -0.3 is 15.4 Å². The fraction of sp³-hybridized carbons (Fsp3) is 0.500. The van der Waals surface area contributed by atoms with Gasteiger partial charge in [-0.2, -0.15) is 0 Å². The van der Waals surface area contributed by atoms with Crippen LogP contribution in [0.15, 0.2) is 18.2 Å². The van der Waals surface area contributed by atoms with E-state index < -0.39 is 6.10 Å². The van der Waals surface area contributed by atoms with Crippen molar-refractivity contribution >= 4 is 17.3 Å². The van der Waals surface area contributed by atoms with Crippen LogP contribution < -0.4 is 15.4 Å². The summed E-state index contributed by atoms with van der Waals surface area (Å²) in [5.41, 5.74) is 7.20. The highest BCUT2D eigenvalue weighted by Crippen LogP contribution is 2.38. The summed E-state index contributed by atoms with van der Waals surface area (Å²) >= 11 is 0. The Morgan fingerprint density at radius 3 is 2.50 bits per heavy atom. The smallest absolute Gasteiger partial charge is 0.268 e. The first-order chi connectivity index (χ1) is 8.41. The van der Waals surface area contributed by atoms with Crippen LogP contribution in [0, 0.1) is 5.92 Å². The number of anilines is 2. The van der Waals surface area contributed by atoms with E-state index >= 15 is 0 Å². The molecule has 0 spiro atoms. The molecule has 2 rings (SSSR count). The van der Waals surface area contributed by atoms with Gasteiger partial charge in [0.15, 0.2) is 6.10 Å². The Morgan fingerprint density at radius 1 is 1.28 bits per heavy atom. The second-order valence-corrected chi connectivity index (χ2v) is 5.31. The Labute approximate surface area is 108 Å². The fourth-order valence-corrected chi connectivity index (χ4v) is 2.22. The summed E-state index contributed by atoms with van der Waals surface area (Å²) in [7, 11) is 0. The molecule has 4 nitrogen and oxygen atoms in total. The number of amides is 1. The van der Waals surface area contributed by atoms with Gasteiger partial charge in [0.05, 0.1) is 5.69 Å². The predicted molar refractivity (Wildman–Crippen MR) is 72.7 cm³/mol. The van der Waals surface area contributed by atoms with E-state index in [0.717, 1.165) is 11.4 Å². The number of hydrogen-bond acceptors (Lipinski definition) is 3. The standard InChI is InChI=1S/C14H20N2O2/c1-8(2)13-14(17)16(9(3)4)11-7-10(15)5-6-12(11)18-13/h5-9,13H,15H2,1-4H3. The first-order valence-corrected chi connectivity index (χ1v) is 6.31. The summed E-state index contributed by atoms with van der Waals surface area (Å²) in [4.78, 5) is 14.2.